The van der Waals surface area contributed by atoms with Crippen molar-refractivity contribution in [3.63, 3.8) is 0 Å². The van der Waals surface area contributed by atoms with Crippen molar-refractivity contribution in [2.45, 2.75) is 43.5 Å². The summed E-state index contributed by atoms with van der Waals surface area (Å²) in [5.74, 6) is 0.288. The standard InChI is InChI=1S/C18H28N4O2S/c1-2-10-22-11-7-14(8-12-22)20-18(24)21-15-5-3-4-6-16(15)25-13-9-17(19)23/h3-6,14H,2,7-13H2,1H3,(H2,19,23)(H2,20,21,24). The van der Waals surface area contributed by atoms with Gasteiger partial charge in [0.1, 0.15) is 0 Å². The van der Waals surface area contributed by atoms with Gasteiger partial charge in [-0.2, -0.15) is 0 Å². The fourth-order valence-electron chi connectivity index (χ4n) is 2.92. The lowest BCUT2D eigenvalue weighted by molar-refractivity contribution is -0.117. The van der Waals surface area contributed by atoms with Gasteiger partial charge in [0.25, 0.3) is 0 Å². The molecule has 0 saturated carbocycles. The summed E-state index contributed by atoms with van der Waals surface area (Å²) in [4.78, 5) is 26.6. The van der Waals surface area contributed by atoms with Crippen LogP contribution in [0.15, 0.2) is 29.2 Å². The van der Waals surface area contributed by atoms with Gasteiger partial charge in [0.05, 0.1) is 5.69 Å². The molecule has 0 aromatic heterocycles. The van der Waals surface area contributed by atoms with Crippen LogP contribution < -0.4 is 16.4 Å². The van der Waals surface area contributed by atoms with Crippen LogP contribution in [0, 0.1) is 0 Å². The Bertz CT molecular complexity index is 574. The number of benzene rings is 1. The monoisotopic (exact) mass is 364 g/mol. The van der Waals surface area contributed by atoms with Crippen molar-refractivity contribution in [2.24, 2.45) is 5.73 Å². The Morgan fingerprint density at radius 3 is 2.68 bits per heavy atom. The molecule has 7 heteroatoms. The van der Waals surface area contributed by atoms with E-state index in [0.717, 1.165) is 43.1 Å². The van der Waals surface area contributed by atoms with Crippen LogP contribution in [-0.2, 0) is 4.79 Å². The molecule has 4 N–H and O–H groups in total. The molecule has 1 heterocycles. The first-order chi connectivity index (χ1) is 12.1. The predicted molar refractivity (Wildman–Crippen MR) is 103 cm³/mol. The van der Waals surface area contributed by atoms with E-state index in [1.54, 1.807) is 0 Å². The molecule has 2 rings (SSSR count). The third-order valence-electron chi connectivity index (χ3n) is 4.20. The van der Waals surface area contributed by atoms with Gasteiger partial charge in [0.15, 0.2) is 0 Å². The van der Waals surface area contributed by atoms with E-state index in [2.05, 4.69) is 22.5 Å². The SMILES string of the molecule is CCCN1CCC(NC(=O)Nc2ccccc2SCCC(N)=O)CC1. The molecule has 1 aromatic carbocycles. The van der Waals surface area contributed by atoms with Crippen molar-refractivity contribution in [2.75, 3.05) is 30.7 Å². The number of likely N-dealkylation sites (tertiary alicyclic amines) is 1. The molecule has 0 radical (unpaired) electrons. The normalized spacial score (nSPS) is 15.7. The summed E-state index contributed by atoms with van der Waals surface area (Å²) < 4.78 is 0. The molecule has 6 nitrogen and oxygen atoms in total. The minimum atomic E-state index is -0.315. The van der Waals surface area contributed by atoms with Gasteiger partial charge in [-0.15, -0.1) is 11.8 Å². The molecule has 1 aromatic rings. The minimum absolute atomic E-state index is 0.170. The van der Waals surface area contributed by atoms with Crippen LogP contribution in [0.5, 0.6) is 0 Å². The predicted octanol–water partition coefficient (Wildman–Crippen LogP) is 2.65. The smallest absolute Gasteiger partial charge is 0.319 e. The number of para-hydroxylation sites is 1. The Labute approximate surface area is 153 Å². The minimum Gasteiger partial charge on any atom is -0.370 e. The second kappa shape index (κ2) is 10.3. The van der Waals surface area contributed by atoms with Crippen LogP contribution in [-0.4, -0.2) is 48.3 Å². The van der Waals surface area contributed by atoms with Crippen molar-refractivity contribution in [3.8, 4) is 0 Å². The number of rotatable bonds is 8. The number of nitrogens with two attached hydrogens (primary N) is 1. The van der Waals surface area contributed by atoms with Crippen molar-refractivity contribution in [3.05, 3.63) is 24.3 Å². The number of thioether (sulfide) groups is 1. The number of hydrogen-bond donors (Lipinski definition) is 3. The number of hydrogen-bond acceptors (Lipinski definition) is 4. The van der Waals surface area contributed by atoms with Crippen LogP contribution in [0.3, 0.4) is 0 Å². The number of carbonyl (C=O) groups is 2. The number of nitrogens with one attached hydrogen (secondary N) is 2. The average molecular weight is 365 g/mol. The van der Waals surface area contributed by atoms with Crippen molar-refractivity contribution < 1.29 is 9.59 Å². The Morgan fingerprint density at radius 1 is 1.28 bits per heavy atom. The number of carbonyl (C=O) groups excluding carboxylic acids is 2. The highest BCUT2D eigenvalue weighted by atomic mass is 32.2. The molecular weight excluding hydrogens is 336 g/mol. The molecule has 0 unspecified atom stereocenters. The van der Waals surface area contributed by atoms with Crippen LogP contribution in [0.2, 0.25) is 0 Å². The molecule has 138 valence electrons. The van der Waals surface area contributed by atoms with Gasteiger partial charge >= 0.3 is 6.03 Å². The third-order valence-corrected chi connectivity index (χ3v) is 5.28. The molecule has 0 atom stereocenters. The molecule has 25 heavy (non-hydrogen) atoms. The van der Waals surface area contributed by atoms with Crippen LogP contribution in [0.25, 0.3) is 0 Å². The van der Waals surface area contributed by atoms with E-state index >= 15 is 0 Å². The van der Waals surface area contributed by atoms with Gasteiger partial charge in [0, 0.05) is 36.2 Å². The van der Waals surface area contributed by atoms with Crippen molar-refractivity contribution in [1.29, 1.82) is 0 Å². The molecule has 0 spiro atoms. The summed E-state index contributed by atoms with van der Waals surface area (Å²) in [6.45, 7) is 5.40. The number of urea groups is 1. The van der Waals surface area contributed by atoms with Crippen LogP contribution in [0.4, 0.5) is 10.5 Å². The largest absolute Gasteiger partial charge is 0.370 e. The van der Waals surface area contributed by atoms with Gasteiger partial charge in [-0.05, 0) is 37.9 Å². The fourth-order valence-corrected chi connectivity index (χ4v) is 3.89. The third kappa shape index (κ3) is 6.96. The molecule has 1 fully saturated rings. The highest BCUT2D eigenvalue weighted by Gasteiger charge is 2.20. The zero-order chi connectivity index (χ0) is 18.1. The van der Waals surface area contributed by atoms with Crippen LogP contribution >= 0.6 is 11.8 Å². The molecule has 0 aliphatic carbocycles. The lowest BCUT2D eigenvalue weighted by Gasteiger charge is -2.32. The van der Waals surface area contributed by atoms with E-state index in [-0.39, 0.29) is 18.0 Å². The molecule has 1 aliphatic heterocycles. The summed E-state index contributed by atoms with van der Waals surface area (Å²) in [7, 11) is 0. The molecule has 3 amide bonds. The quantitative estimate of drug-likeness (QED) is 0.619. The van der Waals surface area contributed by atoms with Crippen molar-refractivity contribution >= 4 is 29.4 Å². The second-order valence-electron chi connectivity index (χ2n) is 6.28. The Hall–Kier alpha value is -1.73. The van der Waals surface area contributed by atoms with Crippen molar-refractivity contribution in [1.82, 2.24) is 10.2 Å². The van der Waals surface area contributed by atoms with Gasteiger partial charge in [0.2, 0.25) is 5.91 Å². The first-order valence-corrected chi connectivity index (χ1v) is 9.87. The summed E-state index contributed by atoms with van der Waals surface area (Å²) in [6.07, 6.45) is 3.47. The van der Waals surface area contributed by atoms with Gasteiger partial charge < -0.3 is 21.3 Å². The maximum Gasteiger partial charge on any atom is 0.319 e. The Balaban J connectivity index is 1.81. The lowest BCUT2D eigenvalue weighted by Crippen LogP contribution is -2.46. The van der Waals surface area contributed by atoms with E-state index in [4.69, 9.17) is 5.73 Å². The molecular formula is C18H28N4O2S. The first-order valence-electron chi connectivity index (χ1n) is 8.88. The number of amides is 3. The topological polar surface area (TPSA) is 87.5 Å². The van der Waals surface area contributed by atoms with E-state index in [1.807, 2.05) is 24.3 Å². The van der Waals surface area contributed by atoms with Gasteiger partial charge in [-0.25, -0.2) is 4.79 Å². The number of nitrogens with zero attached hydrogens (tertiary/aromatic N) is 1. The molecule has 0 bridgehead atoms. The number of anilines is 1. The summed E-state index contributed by atoms with van der Waals surface area (Å²) in [5, 5.41) is 6.00. The zero-order valence-electron chi connectivity index (χ0n) is 14.8. The number of primary amides is 1. The van der Waals surface area contributed by atoms with E-state index in [0.29, 0.717) is 12.2 Å². The van der Waals surface area contributed by atoms with Gasteiger partial charge in [-0.1, -0.05) is 19.1 Å². The summed E-state index contributed by atoms with van der Waals surface area (Å²) >= 11 is 1.52. The van der Waals surface area contributed by atoms with E-state index in [9.17, 15) is 9.59 Å². The Kier molecular flexibility index (Phi) is 8.08. The first kappa shape index (κ1) is 19.6. The molecule has 1 saturated heterocycles. The molecule has 1 aliphatic rings. The van der Waals surface area contributed by atoms with Gasteiger partial charge in [-0.3, -0.25) is 4.79 Å². The second-order valence-corrected chi connectivity index (χ2v) is 7.41. The highest BCUT2D eigenvalue weighted by molar-refractivity contribution is 7.99. The highest BCUT2D eigenvalue weighted by Crippen LogP contribution is 2.27. The maximum atomic E-state index is 12.3. The zero-order valence-corrected chi connectivity index (χ0v) is 15.6. The van der Waals surface area contributed by atoms with Crippen LogP contribution in [0.1, 0.15) is 32.6 Å². The van der Waals surface area contributed by atoms with E-state index in [1.165, 1.54) is 18.2 Å². The average Bonchev–Trinajstić information content (AvgIpc) is 2.58. The number of piperidine rings is 1. The maximum absolute atomic E-state index is 12.3. The van der Waals surface area contributed by atoms with E-state index < -0.39 is 0 Å². The summed E-state index contributed by atoms with van der Waals surface area (Å²) in [6, 6.07) is 7.66. The fraction of sp³-hybridized carbons (Fsp3) is 0.556. The Morgan fingerprint density at radius 2 is 2.00 bits per heavy atom. The lowest BCUT2D eigenvalue weighted by atomic mass is 10.1. The summed E-state index contributed by atoms with van der Waals surface area (Å²) in [5.41, 5.74) is 5.93.